The number of nitrogens with one attached hydrogen (secondary N) is 1. The monoisotopic (exact) mass is 332 g/mol. The van der Waals surface area contributed by atoms with Crippen molar-refractivity contribution in [2.24, 2.45) is 0 Å². The quantitative estimate of drug-likeness (QED) is 0.936. The molecule has 1 atom stereocenters. The summed E-state index contributed by atoms with van der Waals surface area (Å²) in [5.74, 6) is 0.0970. The lowest BCUT2D eigenvalue weighted by Crippen LogP contribution is -2.34. The topological polar surface area (TPSA) is 33.1 Å². The highest BCUT2D eigenvalue weighted by molar-refractivity contribution is 5.58. The van der Waals surface area contributed by atoms with Gasteiger partial charge in [-0.05, 0) is 44.5 Å². The molecule has 0 bridgehead atoms. The zero-order valence-corrected chi connectivity index (χ0v) is 13.9. The Kier molecular flexibility index (Phi) is 4.00. The highest BCUT2D eigenvalue weighted by Crippen LogP contribution is 2.36. The zero-order valence-electron chi connectivity index (χ0n) is 13.9. The van der Waals surface area contributed by atoms with E-state index in [0.29, 0.717) is 11.6 Å². The summed E-state index contributed by atoms with van der Waals surface area (Å²) in [5.41, 5.74) is 2.58. The maximum Gasteiger partial charge on any atom is 0.151 e. The number of likely N-dealkylation sites (tertiary alicyclic amines) is 1. The predicted octanol–water partition coefficient (Wildman–Crippen LogP) is 3.32. The maximum absolute atomic E-state index is 14.2. The first kappa shape index (κ1) is 15.6. The van der Waals surface area contributed by atoms with E-state index in [2.05, 4.69) is 17.1 Å². The number of nitrogens with zero attached hydrogens (tertiary/aromatic N) is 3. The van der Waals surface area contributed by atoms with Gasteiger partial charge in [-0.1, -0.05) is 6.92 Å². The van der Waals surface area contributed by atoms with Crippen LogP contribution < -0.4 is 5.32 Å². The molecule has 1 saturated heterocycles. The maximum atomic E-state index is 14.2. The van der Waals surface area contributed by atoms with Gasteiger partial charge in [0.05, 0.1) is 5.69 Å². The van der Waals surface area contributed by atoms with Gasteiger partial charge in [0.25, 0.3) is 0 Å². The Labute approximate surface area is 140 Å². The first-order valence-electron chi connectivity index (χ1n) is 8.70. The average molecular weight is 332 g/mol. The van der Waals surface area contributed by atoms with E-state index < -0.39 is 11.6 Å². The van der Waals surface area contributed by atoms with Gasteiger partial charge in [-0.15, -0.1) is 0 Å². The van der Waals surface area contributed by atoms with Gasteiger partial charge in [-0.3, -0.25) is 0 Å². The van der Waals surface area contributed by atoms with Crippen molar-refractivity contribution in [1.82, 2.24) is 14.7 Å². The third kappa shape index (κ3) is 2.59. The van der Waals surface area contributed by atoms with Gasteiger partial charge in [0, 0.05) is 30.6 Å². The van der Waals surface area contributed by atoms with E-state index in [1.54, 1.807) is 4.68 Å². The second kappa shape index (κ2) is 6.16. The number of rotatable bonds is 3. The molecule has 0 aliphatic carbocycles. The van der Waals surface area contributed by atoms with Crippen molar-refractivity contribution in [2.75, 3.05) is 31.5 Å². The van der Waals surface area contributed by atoms with Crippen molar-refractivity contribution in [2.45, 2.75) is 32.1 Å². The molecule has 6 heteroatoms. The smallest absolute Gasteiger partial charge is 0.151 e. The molecule has 128 valence electrons. The summed E-state index contributed by atoms with van der Waals surface area (Å²) >= 11 is 0. The molecule has 4 nitrogen and oxygen atoms in total. The van der Waals surface area contributed by atoms with E-state index in [0.717, 1.165) is 56.6 Å². The summed E-state index contributed by atoms with van der Waals surface area (Å²) in [6.45, 7) is 6.21. The number of halogens is 2. The van der Waals surface area contributed by atoms with Crippen LogP contribution in [0.3, 0.4) is 0 Å². The predicted molar refractivity (Wildman–Crippen MR) is 89.8 cm³/mol. The molecule has 1 unspecified atom stereocenters. The molecular formula is C18H22F2N4. The van der Waals surface area contributed by atoms with Gasteiger partial charge in [0.15, 0.2) is 5.82 Å². The molecule has 24 heavy (non-hydrogen) atoms. The number of hydrogen-bond acceptors (Lipinski definition) is 3. The molecular weight excluding hydrogens is 310 g/mol. The van der Waals surface area contributed by atoms with Crippen LogP contribution in [0, 0.1) is 11.6 Å². The van der Waals surface area contributed by atoms with Crippen LogP contribution in [0.5, 0.6) is 0 Å². The van der Waals surface area contributed by atoms with Crippen molar-refractivity contribution >= 4 is 5.82 Å². The summed E-state index contributed by atoms with van der Waals surface area (Å²) < 4.78 is 29.1. The largest absolute Gasteiger partial charge is 0.369 e. The van der Waals surface area contributed by atoms with Gasteiger partial charge in [0.1, 0.15) is 17.3 Å². The van der Waals surface area contributed by atoms with Crippen LogP contribution in [0.25, 0.3) is 5.69 Å². The van der Waals surface area contributed by atoms with E-state index in [-0.39, 0.29) is 0 Å². The van der Waals surface area contributed by atoms with Crippen LogP contribution >= 0.6 is 0 Å². The summed E-state index contributed by atoms with van der Waals surface area (Å²) in [4.78, 5) is 2.44. The summed E-state index contributed by atoms with van der Waals surface area (Å²) in [6, 6.07) is 3.65. The highest BCUT2D eigenvalue weighted by atomic mass is 19.1. The third-order valence-electron chi connectivity index (χ3n) is 5.16. The minimum Gasteiger partial charge on any atom is -0.369 e. The van der Waals surface area contributed by atoms with Crippen LogP contribution in [0.4, 0.5) is 14.6 Å². The summed E-state index contributed by atoms with van der Waals surface area (Å²) in [7, 11) is 0. The molecule has 0 radical (unpaired) electrons. The number of fused-ring (bicyclic) bond motifs is 1. The Morgan fingerprint density at radius 1 is 1.33 bits per heavy atom. The SMILES string of the molecule is CCN1CCCC(c2nn(-c3ccc(F)cc3F)c3c2CCN3)C1. The first-order valence-corrected chi connectivity index (χ1v) is 8.70. The first-order chi connectivity index (χ1) is 11.7. The third-order valence-corrected chi connectivity index (χ3v) is 5.16. The molecule has 0 amide bonds. The molecule has 1 fully saturated rings. The lowest BCUT2D eigenvalue weighted by Gasteiger charge is -2.31. The van der Waals surface area contributed by atoms with Crippen molar-refractivity contribution < 1.29 is 8.78 Å². The van der Waals surface area contributed by atoms with Gasteiger partial charge in [-0.25, -0.2) is 13.5 Å². The number of likely N-dealkylation sites (N-methyl/N-ethyl adjacent to an activating group) is 1. The Bertz CT molecular complexity index is 756. The van der Waals surface area contributed by atoms with Crippen molar-refractivity contribution in [3.63, 3.8) is 0 Å². The minimum absolute atomic E-state index is 0.302. The fourth-order valence-corrected chi connectivity index (χ4v) is 3.92. The van der Waals surface area contributed by atoms with Crippen LogP contribution in [0.1, 0.15) is 36.9 Å². The number of piperidine rings is 1. The number of benzene rings is 1. The van der Waals surface area contributed by atoms with Crippen LogP contribution in [-0.2, 0) is 6.42 Å². The molecule has 1 aromatic carbocycles. The van der Waals surface area contributed by atoms with Crippen molar-refractivity contribution in [1.29, 1.82) is 0 Å². The second-order valence-electron chi connectivity index (χ2n) is 6.63. The van der Waals surface area contributed by atoms with Crippen molar-refractivity contribution in [3.05, 3.63) is 41.1 Å². The molecule has 1 aromatic heterocycles. The van der Waals surface area contributed by atoms with Crippen LogP contribution in [0.15, 0.2) is 18.2 Å². The van der Waals surface area contributed by atoms with E-state index >= 15 is 0 Å². The van der Waals surface area contributed by atoms with Gasteiger partial charge in [-0.2, -0.15) is 5.10 Å². The number of hydrogen-bond donors (Lipinski definition) is 1. The Morgan fingerprint density at radius 3 is 3.00 bits per heavy atom. The van der Waals surface area contributed by atoms with Crippen LogP contribution in [0.2, 0.25) is 0 Å². The van der Waals surface area contributed by atoms with Crippen molar-refractivity contribution in [3.8, 4) is 5.69 Å². The fourth-order valence-electron chi connectivity index (χ4n) is 3.92. The zero-order chi connectivity index (χ0) is 16.7. The van der Waals surface area contributed by atoms with E-state index in [4.69, 9.17) is 5.10 Å². The standard InChI is InChI=1S/C18H22F2N4/c1-2-23-9-3-4-12(11-23)17-14-7-8-21-18(14)24(22-17)16-6-5-13(19)10-15(16)20/h5-6,10,12,21H,2-4,7-9,11H2,1H3. The second-order valence-corrected chi connectivity index (χ2v) is 6.63. The number of aromatic nitrogens is 2. The van der Waals surface area contributed by atoms with E-state index in [1.807, 2.05) is 0 Å². The Morgan fingerprint density at radius 2 is 2.21 bits per heavy atom. The molecule has 2 aromatic rings. The van der Waals surface area contributed by atoms with E-state index in [9.17, 15) is 8.78 Å². The van der Waals surface area contributed by atoms with Gasteiger partial charge >= 0.3 is 0 Å². The lowest BCUT2D eigenvalue weighted by molar-refractivity contribution is 0.215. The molecule has 0 spiro atoms. The highest BCUT2D eigenvalue weighted by Gasteiger charge is 2.30. The van der Waals surface area contributed by atoms with E-state index in [1.165, 1.54) is 24.1 Å². The van der Waals surface area contributed by atoms with Gasteiger partial charge < -0.3 is 10.2 Å². The molecule has 0 saturated carbocycles. The minimum atomic E-state index is -0.584. The Hall–Kier alpha value is -1.95. The number of anilines is 1. The molecule has 4 rings (SSSR count). The van der Waals surface area contributed by atoms with Gasteiger partial charge in [0.2, 0.25) is 0 Å². The molecule has 1 N–H and O–H groups in total. The Balaban J connectivity index is 1.75. The molecule has 3 heterocycles. The van der Waals surface area contributed by atoms with Crippen LogP contribution in [-0.4, -0.2) is 40.9 Å². The summed E-state index contributed by atoms with van der Waals surface area (Å²) in [6.07, 6.45) is 3.19. The summed E-state index contributed by atoms with van der Waals surface area (Å²) in [5, 5.41) is 8.07. The fraction of sp³-hybridized carbons (Fsp3) is 0.500. The normalized spacial score (nSPS) is 20.9. The molecule has 2 aliphatic heterocycles. The molecule has 2 aliphatic rings. The lowest BCUT2D eigenvalue weighted by atomic mass is 9.92. The average Bonchev–Trinajstić information content (AvgIpc) is 3.18.